The standard InChI is InChI=1S/C22H34N2O3.ClH/c1-4-5-6-13-27-19-8-7-17(14-20(19)26-3)16(2)24-21(25)18-15-22(18)9-11-23-12-10-22;/h7-8,14,16,18,23H,4-6,9-13,15H2,1-3H3,(H,24,25);1H. The summed E-state index contributed by atoms with van der Waals surface area (Å²) in [7, 11) is 1.66. The smallest absolute Gasteiger partial charge is 0.224 e. The maximum absolute atomic E-state index is 12.7. The Balaban J connectivity index is 0.00000280. The lowest BCUT2D eigenvalue weighted by Gasteiger charge is -2.24. The van der Waals surface area contributed by atoms with Crippen molar-refractivity contribution in [3.05, 3.63) is 23.8 Å². The normalized spacial score (nSPS) is 20.8. The molecule has 158 valence electrons. The van der Waals surface area contributed by atoms with E-state index in [2.05, 4.69) is 17.6 Å². The van der Waals surface area contributed by atoms with Crippen LogP contribution in [0.4, 0.5) is 0 Å². The van der Waals surface area contributed by atoms with Gasteiger partial charge >= 0.3 is 0 Å². The summed E-state index contributed by atoms with van der Waals surface area (Å²) < 4.78 is 11.4. The minimum absolute atomic E-state index is 0. The van der Waals surface area contributed by atoms with Gasteiger partial charge in [0.25, 0.3) is 0 Å². The molecule has 1 amide bonds. The van der Waals surface area contributed by atoms with Crippen LogP contribution in [0.15, 0.2) is 18.2 Å². The average molecular weight is 411 g/mol. The maximum atomic E-state index is 12.7. The molecular weight excluding hydrogens is 376 g/mol. The summed E-state index contributed by atoms with van der Waals surface area (Å²) in [5.74, 6) is 1.88. The average Bonchev–Trinajstić information content (AvgIpc) is 3.38. The van der Waals surface area contributed by atoms with Gasteiger partial charge in [0.05, 0.1) is 19.8 Å². The predicted molar refractivity (Wildman–Crippen MR) is 114 cm³/mol. The van der Waals surface area contributed by atoms with Crippen LogP contribution >= 0.6 is 12.4 Å². The summed E-state index contributed by atoms with van der Waals surface area (Å²) in [6, 6.07) is 5.91. The molecule has 0 aromatic heterocycles. The number of nitrogens with one attached hydrogen (secondary N) is 2. The Morgan fingerprint density at radius 3 is 2.71 bits per heavy atom. The topological polar surface area (TPSA) is 59.6 Å². The van der Waals surface area contributed by atoms with E-state index in [0.29, 0.717) is 6.61 Å². The monoisotopic (exact) mass is 410 g/mol. The predicted octanol–water partition coefficient (Wildman–Crippen LogP) is 4.25. The third-order valence-corrected chi connectivity index (χ3v) is 6.16. The third kappa shape index (κ3) is 5.32. The summed E-state index contributed by atoms with van der Waals surface area (Å²) in [5.41, 5.74) is 1.31. The zero-order chi connectivity index (χ0) is 19.3. The van der Waals surface area contributed by atoms with Crippen molar-refractivity contribution >= 4 is 18.3 Å². The molecular formula is C22H35ClN2O3. The largest absolute Gasteiger partial charge is 0.493 e. The van der Waals surface area contributed by atoms with Gasteiger partial charge < -0.3 is 20.1 Å². The minimum atomic E-state index is -0.0418. The molecule has 1 heterocycles. The number of ether oxygens (including phenoxy) is 2. The highest BCUT2D eigenvalue weighted by Gasteiger charge is 2.57. The summed E-state index contributed by atoms with van der Waals surface area (Å²) in [4.78, 5) is 12.7. The second-order valence-corrected chi connectivity index (χ2v) is 8.07. The fourth-order valence-corrected chi connectivity index (χ4v) is 4.20. The van der Waals surface area contributed by atoms with E-state index in [9.17, 15) is 4.79 Å². The Kier molecular flexibility index (Phi) is 8.44. The highest BCUT2D eigenvalue weighted by molar-refractivity contribution is 5.85. The SMILES string of the molecule is CCCCCOc1ccc(C(C)NC(=O)C2CC23CCNCC3)cc1OC.Cl. The zero-order valence-corrected chi connectivity index (χ0v) is 18.2. The molecule has 1 aromatic carbocycles. The number of benzene rings is 1. The number of amides is 1. The van der Waals surface area contributed by atoms with Gasteiger partial charge in [-0.1, -0.05) is 25.8 Å². The number of carbonyl (C=O) groups excluding carboxylic acids is 1. The van der Waals surface area contributed by atoms with E-state index in [1.165, 1.54) is 12.8 Å². The maximum Gasteiger partial charge on any atom is 0.224 e. The highest BCUT2D eigenvalue weighted by atomic mass is 35.5. The second kappa shape index (κ2) is 10.4. The molecule has 2 aliphatic rings. The number of halogens is 1. The van der Waals surface area contributed by atoms with Crippen molar-refractivity contribution < 1.29 is 14.3 Å². The van der Waals surface area contributed by atoms with Crippen molar-refractivity contribution in [3.8, 4) is 11.5 Å². The lowest BCUT2D eigenvalue weighted by molar-refractivity contribution is -0.123. The van der Waals surface area contributed by atoms with Crippen LogP contribution in [0.1, 0.15) is 64.0 Å². The van der Waals surface area contributed by atoms with Gasteiger partial charge in [0.1, 0.15) is 0 Å². The first-order chi connectivity index (χ1) is 13.1. The number of hydrogen-bond acceptors (Lipinski definition) is 4. The number of methoxy groups -OCH3 is 1. The molecule has 1 saturated heterocycles. The number of piperidine rings is 1. The van der Waals surface area contributed by atoms with Crippen LogP contribution < -0.4 is 20.1 Å². The Morgan fingerprint density at radius 2 is 2.04 bits per heavy atom. The number of carbonyl (C=O) groups is 1. The van der Waals surface area contributed by atoms with Crippen molar-refractivity contribution in [1.82, 2.24) is 10.6 Å². The molecule has 1 spiro atoms. The van der Waals surface area contributed by atoms with Crippen molar-refractivity contribution in [2.75, 3.05) is 26.8 Å². The first-order valence-electron chi connectivity index (χ1n) is 10.4. The highest BCUT2D eigenvalue weighted by Crippen LogP contribution is 2.58. The van der Waals surface area contributed by atoms with E-state index in [0.717, 1.165) is 55.8 Å². The fourth-order valence-electron chi connectivity index (χ4n) is 4.20. The molecule has 1 aliphatic carbocycles. The Bertz CT molecular complexity index is 647. The first-order valence-corrected chi connectivity index (χ1v) is 10.4. The van der Waals surface area contributed by atoms with Gasteiger partial charge in [-0.2, -0.15) is 0 Å². The van der Waals surface area contributed by atoms with Crippen LogP contribution in [-0.4, -0.2) is 32.7 Å². The van der Waals surface area contributed by atoms with E-state index in [4.69, 9.17) is 9.47 Å². The molecule has 6 heteroatoms. The van der Waals surface area contributed by atoms with Gasteiger partial charge in [-0.3, -0.25) is 4.79 Å². The Labute approximate surface area is 175 Å². The van der Waals surface area contributed by atoms with Crippen LogP contribution in [-0.2, 0) is 4.79 Å². The van der Waals surface area contributed by atoms with Gasteiger partial charge in [0.15, 0.2) is 11.5 Å². The van der Waals surface area contributed by atoms with E-state index < -0.39 is 0 Å². The van der Waals surface area contributed by atoms with Crippen LogP contribution in [0.2, 0.25) is 0 Å². The summed E-state index contributed by atoms with van der Waals surface area (Å²) in [6.45, 7) is 6.99. The Hall–Kier alpha value is -1.46. The van der Waals surface area contributed by atoms with Crippen LogP contribution in [0, 0.1) is 11.3 Å². The van der Waals surface area contributed by atoms with Crippen molar-refractivity contribution in [2.45, 2.75) is 58.4 Å². The van der Waals surface area contributed by atoms with E-state index in [-0.39, 0.29) is 35.7 Å². The van der Waals surface area contributed by atoms with E-state index in [1.807, 2.05) is 25.1 Å². The second-order valence-electron chi connectivity index (χ2n) is 8.07. The molecule has 1 saturated carbocycles. The molecule has 3 rings (SSSR count). The van der Waals surface area contributed by atoms with E-state index in [1.54, 1.807) is 7.11 Å². The Morgan fingerprint density at radius 1 is 1.29 bits per heavy atom. The van der Waals surface area contributed by atoms with Crippen LogP contribution in [0.3, 0.4) is 0 Å². The van der Waals surface area contributed by atoms with Gasteiger partial charge in [-0.25, -0.2) is 0 Å². The van der Waals surface area contributed by atoms with Crippen molar-refractivity contribution in [3.63, 3.8) is 0 Å². The number of unbranched alkanes of at least 4 members (excludes halogenated alkanes) is 2. The molecule has 1 aromatic rings. The van der Waals surface area contributed by atoms with E-state index >= 15 is 0 Å². The molecule has 2 unspecified atom stereocenters. The van der Waals surface area contributed by atoms with Crippen molar-refractivity contribution in [1.29, 1.82) is 0 Å². The summed E-state index contributed by atoms with van der Waals surface area (Å²) in [6.07, 6.45) is 6.68. The van der Waals surface area contributed by atoms with Crippen molar-refractivity contribution in [2.24, 2.45) is 11.3 Å². The molecule has 28 heavy (non-hydrogen) atoms. The zero-order valence-electron chi connectivity index (χ0n) is 17.4. The lowest BCUT2D eigenvalue weighted by atomic mass is 9.91. The molecule has 2 N–H and O–H groups in total. The third-order valence-electron chi connectivity index (χ3n) is 6.16. The quantitative estimate of drug-likeness (QED) is 0.597. The van der Waals surface area contributed by atoms with Gasteiger partial charge in [0, 0.05) is 5.92 Å². The van der Waals surface area contributed by atoms with Crippen LogP contribution in [0.25, 0.3) is 0 Å². The fraction of sp³-hybridized carbons (Fsp3) is 0.682. The number of rotatable bonds is 9. The molecule has 2 fully saturated rings. The molecule has 5 nitrogen and oxygen atoms in total. The first kappa shape index (κ1) is 22.8. The van der Waals surface area contributed by atoms with Gasteiger partial charge in [0.2, 0.25) is 5.91 Å². The summed E-state index contributed by atoms with van der Waals surface area (Å²) >= 11 is 0. The van der Waals surface area contributed by atoms with Gasteiger partial charge in [-0.05, 0) is 68.8 Å². The molecule has 1 aliphatic heterocycles. The summed E-state index contributed by atoms with van der Waals surface area (Å²) in [5, 5.41) is 6.59. The molecule has 0 radical (unpaired) electrons. The number of hydrogen-bond donors (Lipinski definition) is 2. The molecule has 2 atom stereocenters. The van der Waals surface area contributed by atoms with Crippen LogP contribution in [0.5, 0.6) is 11.5 Å². The minimum Gasteiger partial charge on any atom is -0.493 e. The van der Waals surface area contributed by atoms with Gasteiger partial charge in [-0.15, -0.1) is 12.4 Å². The lowest BCUT2D eigenvalue weighted by Crippen LogP contribution is -2.34. The molecule has 0 bridgehead atoms.